The Morgan fingerprint density at radius 2 is 2.05 bits per heavy atom. The highest BCUT2D eigenvalue weighted by molar-refractivity contribution is 5.92. The molecule has 5 heteroatoms. The van der Waals surface area contributed by atoms with Crippen LogP contribution in [0.15, 0.2) is 36.4 Å². The van der Waals surface area contributed by atoms with Crippen molar-refractivity contribution in [2.45, 2.75) is 13.0 Å². The van der Waals surface area contributed by atoms with Gasteiger partial charge < -0.3 is 11.1 Å². The van der Waals surface area contributed by atoms with Crippen LogP contribution >= 0.6 is 0 Å². The number of rotatable bonds is 4. The summed E-state index contributed by atoms with van der Waals surface area (Å²) in [6.45, 7) is 1.79. The lowest BCUT2D eigenvalue weighted by Gasteiger charge is -2.10. The molecule has 1 unspecified atom stereocenters. The number of carbonyl (C=O) groups excluding carboxylic acids is 1. The third-order valence-corrected chi connectivity index (χ3v) is 2.64. The van der Waals surface area contributed by atoms with Crippen LogP contribution in [0.2, 0.25) is 0 Å². The van der Waals surface area contributed by atoms with Crippen molar-refractivity contribution in [1.29, 1.82) is 0 Å². The van der Waals surface area contributed by atoms with Gasteiger partial charge in [0.2, 0.25) is 5.95 Å². The molecule has 0 aliphatic carbocycles. The van der Waals surface area contributed by atoms with E-state index in [9.17, 15) is 4.79 Å². The number of nitrogens with zero attached hydrogens (tertiary/aromatic N) is 2. The van der Waals surface area contributed by atoms with Gasteiger partial charge in [-0.2, -0.15) is 0 Å². The third-order valence-electron chi connectivity index (χ3n) is 2.64. The van der Waals surface area contributed by atoms with Crippen LogP contribution in [-0.2, 0) is 0 Å². The molecule has 5 nitrogen and oxygen atoms in total. The summed E-state index contributed by atoms with van der Waals surface area (Å²) in [4.78, 5) is 19.8. The second kappa shape index (κ2) is 5.85. The molecule has 1 heterocycles. The Hall–Kier alpha value is -2.87. The highest BCUT2D eigenvalue weighted by Gasteiger charge is 2.11. The Bertz CT molecular complexity index is 661. The highest BCUT2D eigenvalue weighted by Crippen LogP contribution is 2.19. The third kappa shape index (κ3) is 3.12. The molecule has 1 atom stereocenters. The maximum absolute atomic E-state index is 11.4. The van der Waals surface area contributed by atoms with Gasteiger partial charge in [-0.1, -0.05) is 36.3 Å². The van der Waals surface area contributed by atoms with Gasteiger partial charge in [0.15, 0.2) is 0 Å². The fraction of sp³-hybridized carbons (Fsp3) is 0.133. The minimum absolute atomic E-state index is 0.144. The molecular formula is C15H14N4O. The van der Waals surface area contributed by atoms with E-state index in [1.807, 2.05) is 30.3 Å². The van der Waals surface area contributed by atoms with E-state index >= 15 is 0 Å². The standard InChI is InChI=1S/C15H14N4O/c1-3-10(2)17-15-18-12(9-13(19-15)14(16)20)11-7-5-4-6-8-11/h1,4-10H,2H3,(H2,16,20)(H,17,18,19). The van der Waals surface area contributed by atoms with Crippen LogP contribution in [0.25, 0.3) is 11.3 Å². The Kier molecular flexibility index (Phi) is 3.96. The summed E-state index contributed by atoms with van der Waals surface area (Å²) in [7, 11) is 0. The minimum atomic E-state index is -0.610. The molecule has 100 valence electrons. The molecule has 0 saturated heterocycles. The molecule has 0 aliphatic heterocycles. The zero-order chi connectivity index (χ0) is 14.5. The monoisotopic (exact) mass is 266 g/mol. The Balaban J connectivity index is 2.47. The maximum Gasteiger partial charge on any atom is 0.267 e. The van der Waals surface area contributed by atoms with Crippen molar-refractivity contribution in [2.24, 2.45) is 5.73 Å². The van der Waals surface area contributed by atoms with Gasteiger partial charge in [0.25, 0.3) is 5.91 Å². The van der Waals surface area contributed by atoms with Gasteiger partial charge in [-0.15, -0.1) is 6.42 Å². The van der Waals surface area contributed by atoms with E-state index in [0.29, 0.717) is 5.69 Å². The average molecular weight is 266 g/mol. The van der Waals surface area contributed by atoms with Crippen LogP contribution in [0.1, 0.15) is 17.4 Å². The summed E-state index contributed by atoms with van der Waals surface area (Å²) < 4.78 is 0. The average Bonchev–Trinajstić information content (AvgIpc) is 2.47. The summed E-state index contributed by atoms with van der Waals surface area (Å²) in [6.07, 6.45) is 5.31. The lowest BCUT2D eigenvalue weighted by molar-refractivity contribution is 0.0995. The molecule has 1 aromatic carbocycles. The van der Waals surface area contributed by atoms with Crippen molar-refractivity contribution in [3.63, 3.8) is 0 Å². The molecule has 3 N–H and O–H groups in total. The number of amides is 1. The lowest BCUT2D eigenvalue weighted by atomic mass is 10.1. The predicted octanol–water partition coefficient (Wildman–Crippen LogP) is 1.68. The van der Waals surface area contributed by atoms with Crippen LogP contribution in [0.3, 0.4) is 0 Å². The predicted molar refractivity (Wildman–Crippen MR) is 77.9 cm³/mol. The van der Waals surface area contributed by atoms with Crippen molar-refractivity contribution >= 4 is 11.9 Å². The van der Waals surface area contributed by atoms with Crippen LogP contribution < -0.4 is 11.1 Å². The lowest BCUT2D eigenvalue weighted by Crippen LogP contribution is -2.19. The van der Waals surface area contributed by atoms with Crippen molar-refractivity contribution in [2.75, 3.05) is 5.32 Å². The zero-order valence-electron chi connectivity index (χ0n) is 11.0. The first kappa shape index (κ1) is 13.6. The van der Waals surface area contributed by atoms with E-state index in [-0.39, 0.29) is 17.7 Å². The van der Waals surface area contributed by atoms with Crippen LogP contribution in [0.5, 0.6) is 0 Å². The number of carbonyl (C=O) groups is 1. The number of nitrogens with one attached hydrogen (secondary N) is 1. The molecule has 0 fully saturated rings. The first-order chi connectivity index (χ1) is 9.60. The second-order valence-corrected chi connectivity index (χ2v) is 4.23. The number of terminal acetylenes is 1. The molecule has 2 rings (SSSR count). The Morgan fingerprint density at radius 3 is 2.65 bits per heavy atom. The number of anilines is 1. The number of hydrogen-bond donors (Lipinski definition) is 2. The van der Waals surface area contributed by atoms with Gasteiger partial charge in [0.05, 0.1) is 11.7 Å². The molecule has 0 saturated carbocycles. The van der Waals surface area contributed by atoms with Gasteiger partial charge in [-0.25, -0.2) is 9.97 Å². The zero-order valence-corrected chi connectivity index (χ0v) is 11.0. The van der Waals surface area contributed by atoms with Crippen molar-refractivity contribution in [1.82, 2.24) is 9.97 Å². The fourth-order valence-electron chi connectivity index (χ4n) is 1.63. The van der Waals surface area contributed by atoms with Gasteiger partial charge in [-0.05, 0) is 13.0 Å². The molecule has 0 bridgehead atoms. The molecular weight excluding hydrogens is 252 g/mol. The smallest absolute Gasteiger partial charge is 0.267 e. The van der Waals surface area contributed by atoms with Crippen LogP contribution in [0.4, 0.5) is 5.95 Å². The number of hydrogen-bond acceptors (Lipinski definition) is 4. The number of benzene rings is 1. The minimum Gasteiger partial charge on any atom is -0.364 e. The second-order valence-electron chi connectivity index (χ2n) is 4.23. The summed E-state index contributed by atoms with van der Waals surface area (Å²) in [5.41, 5.74) is 6.92. The summed E-state index contributed by atoms with van der Waals surface area (Å²) in [5, 5.41) is 2.93. The Morgan fingerprint density at radius 1 is 1.35 bits per heavy atom. The molecule has 0 radical (unpaired) electrons. The number of nitrogens with two attached hydrogens (primary N) is 1. The summed E-state index contributed by atoms with van der Waals surface area (Å²) in [5.74, 6) is 2.19. The van der Waals surface area contributed by atoms with Crippen molar-refractivity contribution in [3.8, 4) is 23.6 Å². The van der Waals surface area contributed by atoms with Crippen LogP contribution in [0, 0.1) is 12.3 Å². The van der Waals surface area contributed by atoms with Gasteiger partial charge >= 0.3 is 0 Å². The quantitative estimate of drug-likeness (QED) is 0.825. The topological polar surface area (TPSA) is 80.9 Å². The van der Waals surface area contributed by atoms with Gasteiger partial charge in [0, 0.05) is 5.56 Å². The molecule has 1 aromatic heterocycles. The van der Waals surface area contributed by atoms with E-state index in [0.717, 1.165) is 5.56 Å². The van der Waals surface area contributed by atoms with Gasteiger partial charge in [-0.3, -0.25) is 4.79 Å². The number of primary amides is 1. The molecule has 20 heavy (non-hydrogen) atoms. The van der Waals surface area contributed by atoms with Gasteiger partial charge in [0.1, 0.15) is 5.69 Å². The largest absolute Gasteiger partial charge is 0.364 e. The van der Waals surface area contributed by atoms with Crippen molar-refractivity contribution in [3.05, 3.63) is 42.1 Å². The fourth-order valence-corrected chi connectivity index (χ4v) is 1.63. The normalized spacial score (nSPS) is 11.4. The molecule has 0 spiro atoms. The van der Waals surface area contributed by atoms with Crippen LogP contribution in [-0.4, -0.2) is 21.9 Å². The molecule has 1 amide bonds. The first-order valence-corrected chi connectivity index (χ1v) is 6.07. The van der Waals surface area contributed by atoms with E-state index in [1.165, 1.54) is 0 Å². The first-order valence-electron chi connectivity index (χ1n) is 6.07. The van der Waals surface area contributed by atoms with E-state index in [4.69, 9.17) is 12.2 Å². The van der Waals surface area contributed by atoms with Crippen molar-refractivity contribution < 1.29 is 4.79 Å². The highest BCUT2D eigenvalue weighted by atomic mass is 16.1. The molecule has 0 aliphatic rings. The maximum atomic E-state index is 11.4. The Labute approximate surface area is 117 Å². The molecule has 2 aromatic rings. The van der Waals surface area contributed by atoms with E-state index in [1.54, 1.807) is 13.0 Å². The summed E-state index contributed by atoms with van der Waals surface area (Å²) >= 11 is 0. The SMILES string of the molecule is C#CC(C)Nc1nc(C(N)=O)cc(-c2ccccc2)n1. The summed E-state index contributed by atoms with van der Waals surface area (Å²) in [6, 6.07) is 10.8. The van der Waals surface area contributed by atoms with E-state index < -0.39 is 5.91 Å². The van der Waals surface area contributed by atoms with E-state index in [2.05, 4.69) is 21.2 Å². The number of aromatic nitrogens is 2.